The first-order valence-electron chi connectivity index (χ1n) is 8.09. The monoisotopic (exact) mass is 353 g/mol. The van der Waals surface area contributed by atoms with Crippen LogP contribution in [0.4, 0.5) is 10.2 Å². The lowest BCUT2D eigenvalue weighted by atomic mass is 9.94. The predicted molar refractivity (Wildman–Crippen MR) is 95.0 cm³/mol. The minimum atomic E-state index is -0.336. The van der Waals surface area contributed by atoms with Gasteiger partial charge in [0.25, 0.3) is 0 Å². The summed E-state index contributed by atoms with van der Waals surface area (Å²) in [4.78, 5) is 19.3. The molecule has 1 aromatic carbocycles. The van der Waals surface area contributed by atoms with Crippen LogP contribution in [0.15, 0.2) is 24.8 Å². The summed E-state index contributed by atoms with van der Waals surface area (Å²) in [7, 11) is 0. The van der Waals surface area contributed by atoms with Crippen molar-refractivity contribution in [1.82, 2.24) is 24.6 Å². The number of carbonyl (C=O) groups excluding carboxylic acids is 1. The molecule has 0 aliphatic heterocycles. The topological polar surface area (TPSA) is 114 Å². The van der Waals surface area contributed by atoms with Gasteiger partial charge in [-0.1, -0.05) is 6.92 Å². The van der Waals surface area contributed by atoms with Crippen LogP contribution < -0.4 is 11.1 Å². The lowest BCUT2D eigenvalue weighted by Crippen LogP contribution is -2.06. The molecule has 0 aliphatic rings. The van der Waals surface area contributed by atoms with Gasteiger partial charge in [0.2, 0.25) is 6.41 Å². The molecule has 9 heteroatoms. The number of fused-ring (bicyclic) bond motifs is 2. The Morgan fingerprint density at radius 1 is 1.35 bits per heavy atom. The van der Waals surface area contributed by atoms with E-state index in [-0.39, 0.29) is 12.4 Å². The first-order chi connectivity index (χ1) is 12.7. The summed E-state index contributed by atoms with van der Waals surface area (Å²) in [6.45, 7) is 1.96. The number of imidazole rings is 1. The summed E-state index contributed by atoms with van der Waals surface area (Å²) in [6.07, 6.45) is 7.68. The van der Waals surface area contributed by atoms with E-state index >= 15 is 4.39 Å². The molecule has 4 aromatic rings. The third-order valence-electron chi connectivity index (χ3n) is 4.40. The zero-order valence-electron chi connectivity index (χ0n) is 14.0. The Bertz CT molecular complexity index is 1130. The van der Waals surface area contributed by atoms with Gasteiger partial charge < -0.3 is 15.5 Å². The number of amides is 1. The van der Waals surface area contributed by atoms with Crippen LogP contribution in [-0.4, -0.2) is 31.0 Å². The van der Waals surface area contributed by atoms with E-state index in [0.29, 0.717) is 52.2 Å². The number of aromatic nitrogens is 5. The largest absolute Gasteiger partial charge is 0.326 e. The maximum Gasteiger partial charge on any atom is 0.212 e. The molecule has 3 heterocycles. The van der Waals surface area contributed by atoms with Crippen molar-refractivity contribution in [3.05, 3.63) is 41.7 Å². The highest BCUT2D eigenvalue weighted by Crippen LogP contribution is 2.35. The molecule has 0 fully saturated rings. The molecule has 0 radical (unpaired) electrons. The normalized spacial score (nSPS) is 11.3. The van der Waals surface area contributed by atoms with Gasteiger partial charge in [-0.2, -0.15) is 5.10 Å². The van der Waals surface area contributed by atoms with Crippen LogP contribution in [-0.2, 0) is 17.8 Å². The molecule has 1 amide bonds. The van der Waals surface area contributed by atoms with E-state index in [9.17, 15) is 4.79 Å². The van der Waals surface area contributed by atoms with Gasteiger partial charge in [0.05, 0.1) is 29.8 Å². The zero-order valence-corrected chi connectivity index (χ0v) is 14.0. The van der Waals surface area contributed by atoms with Gasteiger partial charge in [-0.05, 0) is 12.0 Å². The fraction of sp³-hybridized carbons (Fsp3) is 0.176. The number of nitrogens with two attached hydrogens (primary N) is 1. The molecule has 0 spiro atoms. The number of anilines is 1. The third-order valence-corrected chi connectivity index (χ3v) is 4.40. The van der Waals surface area contributed by atoms with E-state index < -0.39 is 0 Å². The van der Waals surface area contributed by atoms with Crippen molar-refractivity contribution in [2.75, 3.05) is 5.32 Å². The number of hydrogen-bond acceptors (Lipinski definition) is 5. The zero-order chi connectivity index (χ0) is 18.3. The summed E-state index contributed by atoms with van der Waals surface area (Å²) in [5, 5.41) is 10.2. The summed E-state index contributed by atoms with van der Waals surface area (Å²) < 4.78 is 16.8. The fourth-order valence-corrected chi connectivity index (χ4v) is 3.24. The van der Waals surface area contributed by atoms with Crippen LogP contribution in [0, 0.1) is 5.82 Å². The number of H-pyrrole nitrogens is 1. The van der Waals surface area contributed by atoms with Crippen LogP contribution >= 0.6 is 0 Å². The first-order valence-corrected chi connectivity index (χ1v) is 8.09. The minimum Gasteiger partial charge on any atom is -0.326 e. The Labute approximate surface area is 147 Å². The number of carbonyl (C=O) groups is 1. The Hall–Kier alpha value is -3.33. The van der Waals surface area contributed by atoms with Crippen molar-refractivity contribution in [2.45, 2.75) is 19.9 Å². The molecule has 0 saturated carbocycles. The van der Waals surface area contributed by atoms with E-state index in [0.717, 1.165) is 5.39 Å². The van der Waals surface area contributed by atoms with Crippen LogP contribution in [0.25, 0.3) is 27.8 Å². The molecule has 0 saturated heterocycles. The van der Waals surface area contributed by atoms with E-state index in [4.69, 9.17) is 5.73 Å². The molecular formula is C17H16FN7O. The Balaban J connectivity index is 2.00. The van der Waals surface area contributed by atoms with Gasteiger partial charge in [0.15, 0.2) is 11.5 Å². The van der Waals surface area contributed by atoms with Crippen molar-refractivity contribution in [3.8, 4) is 11.3 Å². The highest BCUT2D eigenvalue weighted by atomic mass is 19.1. The van der Waals surface area contributed by atoms with Crippen LogP contribution in [0.1, 0.15) is 18.1 Å². The van der Waals surface area contributed by atoms with Crippen molar-refractivity contribution in [3.63, 3.8) is 0 Å². The van der Waals surface area contributed by atoms with Crippen molar-refractivity contribution in [1.29, 1.82) is 0 Å². The Morgan fingerprint density at radius 3 is 2.92 bits per heavy atom. The second-order valence-corrected chi connectivity index (χ2v) is 5.79. The van der Waals surface area contributed by atoms with Gasteiger partial charge in [-0.3, -0.25) is 14.9 Å². The van der Waals surface area contributed by atoms with Crippen LogP contribution in [0.2, 0.25) is 0 Å². The lowest BCUT2D eigenvalue weighted by molar-refractivity contribution is -0.105. The van der Waals surface area contributed by atoms with Gasteiger partial charge >= 0.3 is 0 Å². The molecule has 0 bridgehead atoms. The Morgan fingerprint density at radius 2 is 2.19 bits per heavy atom. The highest BCUT2D eigenvalue weighted by molar-refractivity contribution is 5.97. The predicted octanol–water partition coefficient (Wildman–Crippen LogP) is 2.00. The third kappa shape index (κ3) is 2.32. The quantitative estimate of drug-likeness (QED) is 0.475. The van der Waals surface area contributed by atoms with E-state index in [1.807, 2.05) is 6.92 Å². The molecule has 4 rings (SSSR count). The number of halogens is 1. The molecular weight excluding hydrogens is 337 g/mol. The highest BCUT2D eigenvalue weighted by Gasteiger charge is 2.21. The molecule has 132 valence electrons. The summed E-state index contributed by atoms with van der Waals surface area (Å²) in [5.74, 6) is 0.0744. The van der Waals surface area contributed by atoms with Gasteiger partial charge in [0, 0.05) is 29.3 Å². The fourth-order valence-electron chi connectivity index (χ4n) is 3.24. The second kappa shape index (κ2) is 6.19. The van der Waals surface area contributed by atoms with Gasteiger partial charge in [0.1, 0.15) is 5.82 Å². The van der Waals surface area contributed by atoms with Crippen molar-refractivity contribution in [2.24, 2.45) is 5.73 Å². The van der Waals surface area contributed by atoms with E-state index in [1.165, 1.54) is 0 Å². The molecule has 0 aliphatic carbocycles. The standard InChI is InChI=1S/C17H16FN7O/c1-2-9-15(11-4-22-24-17(11)10(3-19)16(9)18)12-6-25-7-13(21-8-26)23-14(25)5-20-12/h4-8H,2-3,19H2,1H3,(H,21,26)(H,22,24). The molecule has 26 heavy (non-hydrogen) atoms. The number of benzene rings is 1. The molecule has 0 atom stereocenters. The maximum atomic E-state index is 15.0. The van der Waals surface area contributed by atoms with Crippen LogP contribution in [0.5, 0.6) is 0 Å². The average Bonchev–Trinajstić information content (AvgIpc) is 3.26. The Kier molecular flexibility index (Phi) is 3.85. The summed E-state index contributed by atoms with van der Waals surface area (Å²) in [6, 6.07) is 0. The SMILES string of the molecule is CCc1c(F)c(CN)c2[nH]ncc2c1-c1cn2cc(NC=O)nc2cn1. The van der Waals surface area contributed by atoms with Crippen molar-refractivity contribution >= 4 is 28.8 Å². The van der Waals surface area contributed by atoms with E-state index in [2.05, 4.69) is 25.5 Å². The summed E-state index contributed by atoms with van der Waals surface area (Å²) in [5.41, 5.74) is 9.10. The van der Waals surface area contributed by atoms with Crippen LogP contribution in [0.3, 0.4) is 0 Å². The molecule has 0 unspecified atom stereocenters. The first kappa shape index (κ1) is 16.2. The average molecular weight is 353 g/mol. The smallest absolute Gasteiger partial charge is 0.212 e. The lowest BCUT2D eigenvalue weighted by Gasteiger charge is -2.14. The molecule has 8 nitrogen and oxygen atoms in total. The van der Waals surface area contributed by atoms with Crippen molar-refractivity contribution < 1.29 is 9.18 Å². The molecule has 4 N–H and O–H groups in total. The van der Waals surface area contributed by atoms with E-state index in [1.54, 1.807) is 29.2 Å². The molecule has 3 aromatic heterocycles. The minimum absolute atomic E-state index is 0.0759. The maximum absolute atomic E-state index is 15.0. The number of nitrogens with one attached hydrogen (secondary N) is 2. The number of rotatable bonds is 5. The second-order valence-electron chi connectivity index (χ2n) is 5.79. The number of aromatic amines is 1. The summed E-state index contributed by atoms with van der Waals surface area (Å²) >= 11 is 0. The number of hydrogen-bond donors (Lipinski definition) is 3. The van der Waals surface area contributed by atoms with Gasteiger partial charge in [-0.15, -0.1) is 0 Å². The number of nitrogens with zero attached hydrogens (tertiary/aromatic N) is 4. The van der Waals surface area contributed by atoms with Gasteiger partial charge in [-0.25, -0.2) is 9.37 Å².